The summed E-state index contributed by atoms with van der Waals surface area (Å²) in [5, 5.41) is 12.9. The first kappa shape index (κ1) is 23.1. The maximum Gasteiger partial charge on any atom is 0.422 e. The van der Waals surface area contributed by atoms with Crippen molar-refractivity contribution in [3.63, 3.8) is 0 Å². The van der Waals surface area contributed by atoms with Crippen LogP contribution in [0.4, 0.5) is 19.1 Å². The Morgan fingerprint density at radius 3 is 2.61 bits per heavy atom. The molecule has 3 heterocycles. The van der Waals surface area contributed by atoms with E-state index in [1.807, 2.05) is 25.8 Å². The van der Waals surface area contributed by atoms with Crippen molar-refractivity contribution in [1.29, 1.82) is 0 Å². The third kappa shape index (κ3) is 6.02. The van der Waals surface area contributed by atoms with E-state index >= 15 is 0 Å². The lowest BCUT2D eigenvalue weighted by molar-refractivity contribution is -0.154. The highest BCUT2D eigenvalue weighted by molar-refractivity contribution is 5.34. The molecule has 0 amide bonds. The molecular weight excluding hydrogens is 437 g/mol. The average Bonchev–Trinajstić information content (AvgIpc) is 3.42. The second-order valence-corrected chi connectivity index (χ2v) is 8.53. The molecule has 0 unspecified atom stereocenters. The molecule has 1 saturated carbocycles. The van der Waals surface area contributed by atoms with Crippen molar-refractivity contribution < 1.29 is 22.4 Å². The Balaban J connectivity index is 1.46. The number of hydrogen-bond acceptors (Lipinski definition) is 7. The molecular formula is C22H27F3N6O2. The van der Waals surface area contributed by atoms with Crippen molar-refractivity contribution in [2.24, 2.45) is 5.92 Å². The number of hydrogen-bond donors (Lipinski definition) is 0. The van der Waals surface area contributed by atoms with Gasteiger partial charge in [-0.1, -0.05) is 11.2 Å². The van der Waals surface area contributed by atoms with E-state index in [0.29, 0.717) is 25.4 Å². The van der Waals surface area contributed by atoms with Gasteiger partial charge in [0.25, 0.3) is 0 Å². The van der Waals surface area contributed by atoms with E-state index in [1.54, 1.807) is 12.3 Å². The summed E-state index contributed by atoms with van der Waals surface area (Å²) in [6.45, 7) is 3.67. The Labute approximate surface area is 189 Å². The lowest BCUT2D eigenvalue weighted by Crippen LogP contribution is -2.23. The first-order valence-electron chi connectivity index (χ1n) is 10.9. The predicted octanol–water partition coefficient (Wildman–Crippen LogP) is 4.05. The molecule has 4 rings (SSSR count). The molecule has 0 spiro atoms. The van der Waals surface area contributed by atoms with Gasteiger partial charge >= 0.3 is 6.18 Å². The molecule has 3 aromatic heterocycles. The van der Waals surface area contributed by atoms with Gasteiger partial charge in [-0.25, -0.2) is 4.98 Å². The highest BCUT2D eigenvalue weighted by Crippen LogP contribution is 2.33. The maximum atomic E-state index is 12.3. The van der Waals surface area contributed by atoms with E-state index in [1.165, 1.54) is 18.9 Å². The van der Waals surface area contributed by atoms with Crippen LogP contribution in [0.1, 0.15) is 41.2 Å². The normalized spacial score (nSPS) is 14.0. The molecule has 1 aliphatic carbocycles. The van der Waals surface area contributed by atoms with Crippen molar-refractivity contribution >= 4 is 5.95 Å². The Kier molecular flexibility index (Phi) is 6.57. The summed E-state index contributed by atoms with van der Waals surface area (Å²) in [4.78, 5) is 6.03. The second-order valence-electron chi connectivity index (χ2n) is 8.53. The largest absolute Gasteiger partial charge is 0.468 e. The Bertz CT molecular complexity index is 1050. The fraction of sp³-hybridized carbons (Fsp3) is 0.545. The molecule has 0 atom stereocenters. The molecule has 33 heavy (non-hydrogen) atoms. The van der Waals surface area contributed by atoms with Gasteiger partial charge in [-0.2, -0.15) is 13.2 Å². The summed E-state index contributed by atoms with van der Waals surface area (Å²) in [6.07, 6.45) is 1.09. The van der Waals surface area contributed by atoms with E-state index < -0.39 is 12.8 Å². The molecule has 0 aromatic carbocycles. The van der Waals surface area contributed by atoms with Crippen LogP contribution in [0.15, 0.2) is 22.9 Å². The number of ether oxygens (including phenoxy) is 1. The Morgan fingerprint density at radius 1 is 1.21 bits per heavy atom. The minimum atomic E-state index is -4.39. The average molecular weight is 464 g/mol. The molecule has 0 bridgehead atoms. The molecule has 0 saturated heterocycles. The first-order chi connectivity index (χ1) is 15.7. The minimum absolute atomic E-state index is 0.0466. The van der Waals surface area contributed by atoms with Crippen LogP contribution in [0, 0.1) is 19.8 Å². The number of aryl methyl sites for hydroxylation is 3. The summed E-state index contributed by atoms with van der Waals surface area (Å²) in [6, 6.07) is 3.19. The van der Waals surface area contributed by atoms with E-state index in [0.717, 1.165) is 40.8 Å². The minimum Gasteiger partial charge on any atom is -0.468 e. The molecule has 0 aliphatic heterocycles. The van der Waals surface area contributed by atoms with Gasteiger partial charge < -0.3 is 14.2 Å². The standard InChI is InChI=1S/C22H27F3N6O2/c1-14-18(15(2)33-29-14)12-30(3)21-28-27-19(10-16-4-5-16)31(21)9-8-17-6-7-20(26-11-17)32-13-22(23,24)25/h6-7,11,16H,4-5,8-10,12-13H2,1-3H3. The van der Waals surface area contributed by atoms with Crippen LogP contribution in [0.2, 0.25) is 0 Å². The van der Waals surface area contributed by atoms with Crippen LogP contribution in [-0.2, 0) is 25.9 Å². The molecule has 1 fully saturated rings. The van der Waals surface area contributed by atoms with Gasteiger partial charge in [-0.3, -0.25) is 4.57 Å². The van der Waals surface area contributed by atoms with Gasteiger partial charge in [-0.05, 0) is 44.6 Å². The number of alkyl halides is 3. The van der Waals surface area contributed by atoms with Crippen molar-refractivity contribution in [1.82, 2.24) is 24.9 Å². The van der Waals surface area contributed by atoms with E-state index in [4.69, 9.17) is 4.52 Å². The molecule has 3 aromatic rings. The zero-order chi connectivity index (χ0) is 23.6. The van der Waals surface area contributed by atoms with Crippen LogP contribution < -0.4 is 9.64 Å². The lowest BCUT2D eigenvalue weighted by Gasteiger charge is -2.20. The van der Waals surface area contributed by atoms with E-state index in [9.17, 15) is 13.2 Å². The third-order valence-electron chi connectivity index (χ3n) is 5.70. The monoisotopic (exact) mass is 464 g/mol. The molecule has 1 aliphatic rings. The van der Waals surface area contributed by atoms with Gasteiger partial charge in [0, 0.05) is 37.8 Å². The van der Waals surface area contributed by atoms with Gasteiger partial charge in [0.1, 0.15) is 11.6 Å². The number of anilines is 1. The smallest absolute Gasteiger partial charge is 0.422 e. The SMILES string of the molecule is Cc1noc(C)c1CN(C)c1nnc(CC2CC2)n1CCc1ccc(OCC(F)(F)F)nc1. The van der Waals surface area contributed by atoms with Gasteiger partial charge in [0.05, 0.1) is 12.2 Å². The van der Waals surface area contributed by atoms with Gasteiger partial charge in [-0.15, -0.1) is 10.2 Å². The maximum absolute atomic E-state index is 12.3. The summed E-state index contributed by atoms with van der Waals surface area (Å²) < 4.78 is 49.0. The molecule has 8 nitrogen and oxygen atoms in total. The van der Waals surface area contributed by atoms with Crippen molar-refractivity contribution in [2.75, 3.05) is 18.6 Å². The summed E-state index contributed by atoms with van der Waals surface area (Å²) in [5.74, 6) is 3.08. The van der Waals surface area contributed by atoms with E-state index in [-0.39, 0.29) is 5.88 Å². The molecule has 0 N–H and O–H groups in total. The summed E-state index contributed by atoms with van der Waals surface area (Å²) >= 11 is 0. The number of rotatable bonds is 10. The van der Waals surface area contributed by atoms with Crippen molar-refractivity contribution in [3.05, 3.63) is 46.7 Å². The molecule has 11 heteroatoms. The predicted molar refractivity (Wildman–Crippen MR) is 114 cm³/mol. The van der Waals surface area contributed by atoms with Crippen LogP contribution in [0.3, 0.4) is 0 Å². The highest BCUT2D eigenvalue weighted by atomic mass is 19.4. The van der Waals surface area contributed by atoms with Crippen molar-refractivity contribution in [2.45, 2.75) is 58.8 Å². The number of nitrogens with zero attached hydrogens (tertiary/aromatic N) is 6. The van der Waals surface area contributed by atoms with Gasteiger partial charge in [0.2, 0.25) is 11.8 Å². The molecule has 178 valence electrons. The topological polar surface area (TPSA) is 82.1 Å². The second kappa shape index (κ2) is 9.40. The highest BCUT2D eigenvalue weighted by Gasteiger charge is 2.29. The third-order valence-corrected chi connectivity index (χ3v) is 5.70. The van der Waals surface area contributed by atoms with E-state index in [2.05, 4.69) is 29.6 Å². The summed E-state index contributed by atoms with van der Waals surface area (Å²) in [7, 11) is 1.96. The zero-order valence-corrected chi connectivity index (χ0v) is 18.9. The number of halogens is 3. The van der Waals surface area contributed by atoms with Crippen LogP contribution in [0.25, 0.3) is 0 Å². The Hall–Kier alpha value is -3.11. The van der Waals surface area contributed by atoms with Crippen LogP contribution >= 0.6 is 0 Å². The van der Waals surface area contributed by atoms with Gasteiger partial charge in [0.15, 0.2) is 6.61 Å². The van der Waals surface area contributed by atoms with Crippen LogP contribution in [0.5, 0.6) is 5.88 Å². The molecule has 0 radical (unpaired) electrons. The van der Waals surface area contributed by atoms with Crippen molar-refractivity contribution in [3.8, 4) is 5.88 Å². The lowest BCUT2D eigenvalue weighted by atomic mass is 10.2. The first-order valence-corrected chi connectivity index (χ1v) is 10.9. The zero-order valence-electron chi connectivity index (χ0n) is 18.9. The Morgan fingerprint density at radius 2 is 2.00 bits per heavy atom. The quantitative estimate of drug-likeness (QED) is 0.448. The fourth-order valence-corrected chi connectivity index (χ4v) is 3.64. The van der Waals surface area contributed by atoms with Crippen LogP contribution in [-0.4, -0.2) is 44.7 Å². The summed E-state index contributed by atoms with van der Waals surface area (Å²) in [5.41, 5.74) is 2.76. The number of aromatic nitrogens is 5. The fourth-order valence-electron chi connectivity index (χ4n) is 3.64. The number of pyridine rings is 1.